The van der Waals surface area contributed by atoms with Crippen LogP contribution in [0.2, 0.25) is 0 Å². The van der Waals surface area contributed by atoms with Crippen molar-refractivity contribution in [1.82, 2.24) is 25.4 Å². The molecule has 1 unspecified atom stereocenters. The summed E-state index contributed by atoms with van der Waals surface area (Å²) >= 11 is 0. The van der Waals surface area contributed by atoms with Crippen LogP contribution in [0.25, 0.3) is 0 Å². The van der Waals surface area contributed by atoms with Crippen LogP contribution in [-0.4, -0.2) is 40.3 Å². The van der Waals surface area contributed by atoms with Gasteiger partial charge in [-0.1, -0.05) is 18.2 Å². The molecule has 6 heteroatoms. The standard InChI is InChI=1S/C19H27N5O/c1-14-22-15(2)24(23-14)11-5-9-21-19(25)18-7-4-3-6-17(18)12-16-8-10-20-13-16/h3-4,6-7,16,20H,5,8-13H2,1-2H3,(H,21,25). The van der Waals surface area contributed by atoms with Gasteiger partial charge in [0.25, 0.3) is 5.91 Å². The SMILES string of the molecule is Cc1nc(C)n(CCCNC(=O)c2ccccc2CC2CCNC2)n1. The molecule has 2 heterocycles. The normalized spacial score (nSPS) is 17.0. The number of rotatable bonds is 7. The number of hydrogen-bond acceptors (Lipinski definition) is 4. The Kier molecular flexibility index (Phi) is 5.81. The van der Waals surface area contributed by atoms with Crippen LogP contribution >= 0.6 is 0 Å². The number of nitrogens with one attached hydrogen (secondary N) is 2. The Morgan fingerprint density at radius 1 is 1.36 bits per heavy atom. The number of hydrogen-bond donors (Lipinski definition) is 2. The number of carbonyl (C=O) groups is 1. The smallest absolute Gasteiger partial charge is 0.251 e. The number of aryl methyl sites for hydroxylation is 3. The summed E-state index contributed by atoms with van der Waals surface area (Å²) in [6.07, 6.45) is 2.99. The van der Waals surface area contributed by atoms with Crippen molar-refractivity contribution in [2.45, 2.75) is 39.7 Å². The Hall–Kier alpha value is -2.21. The lowest BCUT2D eigenvalue weighted by Gasteiger charge is -2.13. The lowest BCUT2D eigenvalue weighted by atomic mass is 9.94. The zero-order chi connectivity index (χ0) is 17.6. The topological polar surface area (TPSA) is 71.8 Å². The van der Waals surface area contributed by atoms with E-state index in [2.05, 4.69) is 26.8 Å². The number of amides is 1. The van der Waals surface area contributed by atoms with Crippen molar-refractivity contribution in [2.75, 3.05) is 19.6 Å². The molecule has 1 aliphatic heterocycles. The monoisotopic (exact) mass is 341 g/mol. The van der Waals surface area contributed by atoms with E-state index < -0.39 is 0 Å². The van der Waals surface area contributed by atoms with E-state index in [-0.39, 0.29) is 5.91 Å². The first-order valence-corrected chi connectivity index (χ1v) is 9.08. The molecule has 1 atom stereocenters. The fourth-order valence-electron chi connectivity index (χ4n) is 3.42. The van der Waals surface area contributed by atoms with E-state index >= 15 is 0 Å². The second-order valence-corrected chi connectivity index (χ2v) is 6.76. The average Bonchev–Trinajstić information content (AvgIpc) is 3.21. The molecule has 1 amide bonds. The Morgan fingerprint density at radius 2 is 2.20 bits per heavy atom. The van der Waals surface area contributed by atoms with Gasteiger partial charge < -0.3 is 10.6 Å². The predicted octanol–water partition coefficient (Wildman–Crippen LogP) is 1.87. The summed E-state index contributed by atoms with van der Waals surface area (Å²) < 4.78 is 1.89. The van der Waals surface area contributed by atoms with Gasteiger partial charge in [-0.2, -0.15) is 5.10 Å². The third-order valence-electron chi connectivity index (χ3n) is 4.73. The van der Waals surface area contributed by atoms with Crippen molar-refractivity contribution in [3.63, 3.8) is 0 Å². The Balaban J connectivity index is 1.51. The third kappa shape index (κ3) is 4.66. The van der Waals surface area contributed by atoms with E-state index in [4.69, 9.17) is 0 Å². The summed E-state index contributed by atoms with van der Waals surface area (Å²) in [5.74, 6) is 2.36. The predicted molar refractivity (Wildman–Crippen MR) is 97.6 cm³/mol. The van der Waals surface area contributed by atoms with Gasteiger partial charge in [-0.15, -0.1) is 0 Å². The molecule has 0 saturated carbocycles. The fraction of sp³-hybridized carbons (Fsp3) is 0.526. The lowest BCUT2D eigenvalue weighted by Crippen LogP contribution is -2.27. The summed E-state index contributed by atoms with van der Waals surface area (Å²) in [6.45, 7) is 7.38. The van der Waals surface area contributed by atoms with E-state index in [1.807, 2.05) is 36.7 Å². The van der Waals surface area contributed by atoms with Gasteiger partial charge in [-0.05, 0) is 63.7 Å². The first-order valence-electron chi connectivity index (χ1n) is 9.08. The van der Waals surface area contributed by atoms with E-state index in [1.54, 1.807) is 0 Å². The molecule has 134 valence electrons. The highest BCUT2D eigenvalue weighted by atomic mass is 16.1. The maximum Gasteiger partial charge on any atom is 0.251 e. The van der Waals surface area contributed by atoms with Crippen molar-refractivity contribution >= 4 is 5.91 Å². The van der Waals surface area contributed by atoms with Crippen molar-refractivity contribution in [1.29, 1.82) is 0 Å². The fourth-order valence-corrected chi connectivity index (χ4v) is 3.42. The highest BCUT2D eigenvalue weighted by Gasteiger charge is 2.18. The number of carbonyl (C=O) groups excluding carboxylic acids is 1. The van der Waals surface area contributed by atoms with Crippen LogP contribution in [0.4, 0.5) is 0 Å². The second kappa shape index (κ2) is 8.25. The highest BCUT2D eigenvalue weighted by molar-refractivity contribution is 5.95. The summed E-state index contributed by atoms with van der Waals surface area (Å²) in [5.41, 5.74) is 1.96. The first kappa shape index (κ1) is 17.6. The maximum atomic E-state index is 12.6. The van der Waals surface area contributed by atoms with Gasteiger partial charge >= 0.3 is 0 Å². The minimum Gasteiger partial charge on any atom is -0.352 e. The van der Waals surface area contributed by atoms with E-state index in [0.717, 1.165) is 55.3 Å². The molecular formula is C19H27N5O. The van der Waals surface area contributed by atoms with Crippen molar-refractivity contribution < 1.29 is 4.79 Å². The molecule has 6 nitrogen and oxygen atoms in total. The molecule has 1 aromatic heterocycles. The lowest BCUT2D eigenvalue weighted by molar-refractivity contribution is 0.0951. The Morgan fingerprint density at radius 3 is 2.92 bits per heavy atom. The van der Waals surface area contributed by atoms with Crippen LogP contribution in [0.1, 0.15) is 40.4 Å². The average molecular weight is 341 g/mol. The van der Waals surface area contributed by atoms with Crippen molar-refractivity contribution in [3.8, 4) is 0 Å². The zero-order valence-electron chi connectivity index (χ0n) is 15.1. The van der Waals surface area contributed by atoms with Gasteiger partial charge in [-0.3, -0.25) is 9.48 Å². The van der Waals surface area contributed by atoms with Crippen LogP contribution < -0.4 is 10.6 Å². The van der Waals surface area contributed by atoms with Crippen LogP contribution in [0, 0.1) is 19.8 Å². The minimum absolute atomic E-state index is 0.0213. The molecule has 0 aliphatic carbocycles. The molecule has 1 aromatic carbocycles. The van der Waals surface area contributed by atoms with E-state index in [9.17, 15) is 4.79 Å². The first-order chi connectivity index (χ1) is 12.1. The highest BCUT2D eigenvalue weighted by Crippen LogP contribution is 2.18. The summed E-state index contributed by atoms with van der Waals surface area (Å²) in [7, 11) is 0. The molecule has 25 heavy (non-hydrogen) atoms. The molecule has 3 rings (SSSR count). The molecule has 0 radical (unpaired) electrons. The van der Waals surface area contributed by atoms with Crippen LogP contribution in [0.3, 0.4) is 0 Å². The third-order valence-corrected chi connectivity index (χ3v) is 4.73. The number of nitrogens with zero attached hydrogens (tertiary/aromatic N) is 3. The van der Waals surface area contributed by atoms with E-state index in [0.29, 0.717) is 12.5 Å². The summed E-state index contributed by atoms with van der Waals surface area (Å²) in [5, 5.41) is 10.8. The quantitative estimate of drug-likeness (QED) is 0.754. The van der Waals surface area contributed by atoms with Gasteiger partial charge in [0.15, 0.2) is 0 Å². The van der Waals surface area contributed by atoms with Crippen molar-refractivity contribution in [3.05, 3.63) is 47.0 Å². The van der Waals surface area contributed by atoms with Crippen LogP contribution in [-0.2, 0) is 13.0 Å². The summed E-state index contributed by atoms with van der Waals surface area (Å²) in [6, 6.07) is 7.96. The van der Waals surface area contributed by atoms with E-state index in [1.165, 1.54) is 6.42 Å². The molecule has 1 aliphatic rings. The number of aromatic nitrogens is 3. The Bertz CT molecular complexity index is 718. The van der Waals surface area contributed by atoms with Gasteiger partial charge in [0.1, 0.15) is 11.6 Å². The molecule has 2 N–H and O–H groups in total. The Labute approximate surface area is 149 Å². The molecule has 0 spiro atoms. The summed E-state index contributed by atoms with van der Waals surface area (Å²) in [4.78, 5) is 16.9. The van der Waals surface area contributed by atoms with Crippen LogP contribution in [0.15, 0.2) is 24.3 Å². The maximum absolute atomic E-state index is 12.6. The van der Waals surface area contributed by atoms with Gasteiger partial charge in [0, 0.05) is 18.7 Å². The minimum atomic E-state index is 0.0213. The zero-order valence-corrected chi connectivity index (χ0v) is 15.1. The van der Waals surface area contributed by atoms with Gasteiger partial charge in [0.05, 0.1) is 0 Å². The second-order valence-electron chi connectivity index (χ2n) is 6.76. The van der Waals surface area contributed by atoms with Gasteiger partial charge in [0.2, 0.25) is 0 Å². The largest absolute Gasteiger partial charge is 0.352 e. The van der Waals surface area contributed by atoms with Crippen molar-refractivity contribution in [2.24, 2.45) is 5.92 Å². The van der Waals surface area contributed by atoms with Gasteiger partial charge in [-0.25, -0.2) is 4.98 Å². The number of benzene rings is 1. The molecule has 1 saturated heterocycles. The molecule has 2 aromatic rings. The molecular weight excluding hydrogens is 314 g/mol. The molecule has 1 fully saturated rings. The van der Waals surface area contributed by atoms with Crippen LogP contribution in [0.5, 0.6) is 0 Å². The molecule has 0 bridgehead atoms.